The van der Waals surface area contributed by atoms with Gasteiger partial charge >= 0.3 is 0 Å². The molecular weight excluding hydrogens is 248 g/mol. The van der Waals surface area contributed by atoms with Crippen molar-refractivity contribution in [2.24, 2.45) is 0 Å². The Morgan fingerprint density at radius 1 is 1.53 bits per heavy atom. The molecule has 1 amide bonds. The van der Waals surface area contributed by atoms with E-state index < -0.39 is 4.92 Å². The number of rotatable bonds is 5. The van der Waals surface area contributed by atoms with E-state index in [1.54, 1.807) is 19.1 Å². The van der Waals surface area contributed by atoms with Gasteiger partial charge in [0.25, 0.3) is 11.6 Å². The molecular formula is C12H16N4O3. The Kier molecular flexibility index (Phi) is 3.96. The van der Waals surface area contributed by atoms with Crippen LogP contribution in [0.15, 0.2) is 18.2 Å². The Balaban J connectivity index is 2.23. The average Bonchev–Trinajstić information content (AvgIpc) is 2.34. The quantitative estimate of drug-likeness (QED) is 0.538. The summed E-state index contributed by atoms with van der Waals surface area (Å²) in [6.45, 7) is 3.86. The Hall–Kier alpha value is -2.15. The molecule has 7 heteroatoms. The van der Waals surface area contributed by atoms with Crippen LogP contribution in [0.3, 0.4) is 0 Å². The summed E-state index contributed by atoms with van der Waals surface area (Å²) in [4.78, 5) is 22.2. The summed E-state index contributed by atoms with van der Waals surface area (Å²) in [5, 5.41) is 19.8. The van der Waals surface area contributed by atoms with Crippen LogP contribution in [0.25, 0.3) is 0 Å². The van der Waals surface area contributed by atoms with Crippen LogP contribution in [0.1, 0.15) is 17.3 Å². The first kappa shape index (κ1) is 13.3. The van der Waals surface area contributed by atoms with Crippen LogP contribution >= 0.6 is 0 Å². The molecule has 1 aromatic rings. The van der Waals surface area contributed by atoms with E-state index in [1.165, 1.54) is 6.07 Å². The molecule has 0 radical (unpaired) electrons. The number of nitro groups is 1. The molecule has 1 aliphatic rings. The van der Waals surface area contributed by atoms with Crippen molar-refractivity contribution in [3.05, 3.63) is 33.9 Å². The second-order valence-corrected chi connectivity index (χ2v) is 4.35. The minimum Gasteiger partial charge on any atom is -0.374 e. The summed E-state index contributed by atoms with van der Waals surface area (Å²) in [5.41, 5.74) is 0.672. The van der Waals surface area contributed by atoms with Crippen LogP contribution in [-0.4, -0.2) is 36.5 Å². The van der Waals surface area contributed by atoms with Crippen molar-refractivity contribution in [1.82, 2.24) is 10.6 Å². The van der Waals surface area contributed by atoms with E-state index in [1.807, 2.05) is 0 Å². The normalized spacial score (nSPS) is 14.6. The molecule has 0 spiro atoms. The van der Waals surface area contributed by atoms with Crippen molar-refractivity contribution in [3.8, 4) is 0 Å². The third-order valence-corrected chi connectivity index (χ3v) is 2.94. The second-order valence-electron chi connectivity index (χ2n) is 4.35. The van der Waals surface area contributed by atoms with Gasteiger partial charge in [-0.1, -0.05) is 0 Å². The lowest BCUT2D eigenvalue weighted by Crippen LogP contribution is -2.51. The fourth-order valence-electron chi connectivity index (χ4n) is 1.82. The summed E-state index contributed by atoms with van der Waals surface area (Å²) >= 11 is 0. The maximum Gasteiger partial charge on any atom is 0.293 e. The molecule has 0 aliphatic carbocycles. The minimum atomic E-state index is -0.475. The molecule has 1 fully saturated rings. The van der Waals surface area contributed by atoms with E-state index >= 15 is 0 Å². The molecule has 1 aliphatic heterocycles. The predicted molar refractivity (Wildman–Crippen MR) is 71.4 cm³/mol. The molecule has 2 rings (SSSR count). The summed E-state index contributed by atoms with van der Waals surface area (Å²) in [6, 6.07) is 4.68. The van der Waals surface area contributed by atoms with E-state index in [4.69, 9.17) is 0 Å². The Bertz CT molecular complexity index is 500. The number of carbonyl (C=O) groups excluding carboxylic acids is 1. The number of nitrogens with one attached hydrogen (secondary N) is 3. The van der Waals surface area contributed by atoms with Gasteiger partial charge in [0.2, 0.25) is 0 Å². The first-order chi connectivity index (χ1) is 9.11. The van der Waals surface area contributed by atoms with Crippen LogP contribution < -0.4 is 16.0 Å². The summed E-state index contributed by atoms with van der Waals surface area (Å²) in [7, 11) is 0. The van der Waals surface area contributed by atoms with E-state index in [0.29, 0.717) is 17.8 Å². The molecule has 7 nitrogen and oxygen atoms in total. The topological polar surface area (TPSA) is 96.3 Å². The van der Waals surface area contributed by atoms with Crippen molar-refractivity contribution < 1.29 is 9.72 Å². The first-order valence-electron chi connectivity index (χ1n) is 6.15. The molecule has 19 heavy (non-hydrogen) atoms. The van der Waals surface area contributed by atoms with Crippen molar-refractivity contribution in [2.75, 3.05) is 25.0 Å². The van der Waals surface area contributed by atoms with Crippen LogP contribution in [0.4, 0.5) is 11.4 Å². The van der Waals surface area contributed by atoms with Gasteiger partial charge in [-0.15, -0.1) is 0 Å². The van der Waals surface area contributed by atoms with Gasteiger partial charge < -0.3 is 16.0 Å². The molecule has 0 atom stereocenters. The van der Waals surface area contributed by atoms with E-state index in [9.17, 15) is 14.9 Å². The Morgan fingerprint density at radius 2 is 2.26 bits per heavy atom. The molecule has 1 heterocycles. The van der Waals surface area contributed by atoms with Gasteiger partial charge in [-0.05, 0) is 19.1 Å². The fraction of sp³-hybridized carbons (Fsp3) is 0.417. The maximum absolute atomic E-state index is 11.7. The molecule has 0 unspecified atom stereocenters. The van der Waals surface area contributed by atoms with Crippen molar-refractivity contribution >= 4 is 17.3 Å². The van der Waals surface area contributed by atoms with Crippen LogP contribution in [-0.2, 0) is 0 Å². The summed E-state index contributed by atoms with van der Waals surface area (Å²) in [6.07, 6.45) is 0. The number of nitro benzene ring substituents is 1. The van der Waals surface area contributed by atoms with Crippen molar-refractivity contribution in [1.29, 1.82) is 0 Å². The number of benzene rings is 1. The first-order valence-corrected chi connectivity index (χ1v) is 6.15. The number of anilines is 1. The van der Waals surface area contributed by atoms with Gasteiger partial charge in [0.15, 0.2) is 0 Å². The molecule has 0 bridgehead atoms. The van der Waals surface area contributed by atoms with Gasteiger partial charge in [0.1, 0.15) is 5.69 Å². The number of nitrogens with zero attached hydrogens (tertiary/aromatic N) is 1. The minimum absolute atomic E-state index is 0.0735. The van der Waals surface area contributed by atoms with E-state index in [-0.39, 0.29) is 17.6 Å². The highest BCUT2D eigenvalue weighted by atomic mass is 16.6. The summed E-state index contributed by atoms with van der Waals surface area (Å²) in [5.74, 6) is -0.303. The van der Waals surface area contributed by atoms with Gasteiger partial charge in [0, 0.05) is 31.3 Å². The standard InChI is InChI=1S/C12H16N4O3/c1-2-14-12(17)8-3-4-10(11(5-8)16(18)19)15-9-6-13-7-9/h3-5,9,13,15H,2,6-7H2,1H3,(H,14,17). The van der Waals surface area contributed by atoms with E-state index in [2.05, 4.69) is 16.0 Å². The SMILES string of the molecule is CCNC(=O)c1ccc(NC2CNC2)c([N+](=O)[O-])c1. The zero-order valence-corrected chi connectivity index (χ0v) is 10.6. The third kappa shape index (κ3) is 3.00. The lowest BCUT2D eigenvalue weighted by Gasteiger charge is -2.28. The number of amides is 1. The summed E-state index contributed by atoms with van der Waals surface area (Å²) < 4.78 is 0. The lowest BCUT2D eigenvalue weighted by molar-refractivity contribution is -0.384. The van der Waals surface area contributed by atoms with E-state index in [0.717, 1.165) is 13.1 Å². The van der Waals surface area contributed by atoms with Crippen LogP contribution in [0.5, 0.6) is 0 Å². The molecule has 0 saturated carbocycles. The van der Waals surface area contributed by atoms with Crippen molar-refractivity contribution in [3.63, 3.8) is 0 Å². The molecule has 1 saturated heterocycles. The smallest absolute Gasteiger partial charge is 0.293 e. The largest absolute Gasteiger partial charge is 0.374 e. The number of hydrogen-bond acceptors (Lipinski definition) is 5. The Morgan fingerprint density at radius 3 is 2.79 bits per heavy atom. The second kappa shape index (κ2) is 5.66. The van der Waals surface area contributed by atoms with Crippen LogP contribution in [0, 0.1) is 10.1 Å². The number of carbonyl (C=O) groups is 1. The van der Waals surface area contributed by atoms with Gasteiger partial charge in [0.05, 0.1) is 11.0 Å². The van der Waals surface area contributed by atoms with Crippen LogP contribution in [0.2, 0.25) is 0 Å². The highest BCUT2D eigenvalue weighted by molar-refractivity contribution is 5.95. The highest BCUT2D eigenvalue weighted by Gasteiger charge is 2.22. The number of hydrogen-bond donors (Lipinski definition) is 3. The maximum atomic E-state index is 11.7. The molecule has 0 aromatic heterocycles. The highest BCUT2D eigenvalue weighted by Crippen LogP contribution is 2.26. The Labute approximate surface area is 110 Å². The predicted octanol–water partition coefficient (Wildman–Crippen LogP) is 0.728. The van der Waals surface area contributed by atoms with Crippen molar-refractivity contribution in [2.45, 2.75) is 13.0 Å². The zero-order valence-electron chi connectivity index (χ0n) is 10.6. The van der Waals surface area contributed by atoms with Gasteiger partial charge in [-0.2, -0.15) is 0 Å². The molecule has 3 N–H and O–H groups in total. The lowest BCUT2D eigenvalue weighted by atomic mass is 10.1. The monoisotopic (exact) mass is 264 g/mol. The third-order valence-electron chi connectivity index (χ3n) is 2.94. The van der Waals surface area contributed by atoms with Gasteiger partial charge in [-0.3, -0.25) is 14.9 Å². The van der Waals surface area contributed by atoms with Gasteiger partial charge in [-0.25, -0.2) is 0 Å². The zero-order chi connectivity index (χ0) is 13.8. The molecule has 1 aromatic carbocycles. The molecule has 102 valence electrons. The fourth-order valence-corrected chi connectivity index (χ4v) is 1.82. The average molecular weight is 264 g/mol.